The topological polar surface area (TPSA) is 77.8 Å². The fraction of sp³-hybridized carbons (Fsp3) is 0.966. The zero-order valence-corrected chi connectivity index (χ0v) is 24.3. The molecule has 3 N–H and O–H groups in total. The molecule has 0 saturated heterocycles. The quantitative estimate of drug-likeness (QED) is 0.286. The number of carbonyl (C=O) groups excluding carboxylic acids is 1. The first-order valence-electron chi connectivity index (χ1n) is 13.8. The summed E-state index contributed by atoms with van der Waals surface area (Å²) in [6.45, 7) is 12.8. The van der Waals surface area contributed by atoms with Crippen LogP contribution in [-0.4, -0.2) is 42.8 Å². The Kier molecular flexibility index (Phi) is 5.84. The third-order valence-corrected chi connectivity index (χ3v) is 14.2. The third kappa shape index (κ3) is 3.14. The number of rotatable bonds is 5. The molecule has 10 atom stereocenters. The van der Waals surface area contributed by atoms with Gasteiger partial charge in [-0.1, -0.05) is 50.3 Å². The van der Waals surface area contributed by atoms with E-state index in [9.17, 15) is 20.1 Å². The number of hydrogen-bond donors (Lipinski definition) is 3. The van der Waals surface area contributed by atoms with Crippen LogP contribution in [0.3, 0.4) is 0 Å². The molecular weight excluding hydrogens is 539 g/mol. The number of Topliss-reactive ketones (excluding diaryl/α,β-unsaturated/α-hetero) is 1. The minimum absolute atomic E-state index is 0.0878. The van der Waals surface area contributed by atoms with Crippen LogP contribution in [0.4, 0.5) is 0 Å². The molecule has 0 amide bonds. The highest BCUT2D eigenvalue weighted by molar-refractivity contribution is 14.1. The van der Waals surface area contributed by atoms with Crippen molar-refractivity contribution >= 4 is 28.4 Å². The van der Waals surface area contributed by atoms with E-state index in [4.69, 9.17) is 0 Å². The number of halogens is 1. The van der Waals surface area contributed by atoms with Gasteiger partial charge < -0.3 is 15.3 Å². The molecule has 0 radical (unpaired) electrons. The standard InChI is InChI=1S/C29H47IO4/c1-24(2)19-8-9-20-27(6)15-18(31)23(17(30)7-10-22(33)25(3,4)34)26(27,5)13-14-29(20)16-28(19,29)12-11-21(24)32/h17-20,22-23,31,33-34H,7-16H2,1-6H3/t17-,18?,19?,20?,22?,23?,26?,27+,28-,29+/m1/s1. The smallest absolute Gasteiger partial charge is 0.138 e. The maximum absolute atomic E-state index is 12.9. The first-order valence-corrected chi connectivity index (χ1v) is 15.1. The second-order valence-corrected chi connectivity index (χ2v) is 16.3. The molecule has 34 heavy (non-hydrogen) atoms. The lowest BCUT2D eigenvalue weighted by Gasteiger charge is -2.62. The molecule has 0 bridgehead atoms. The predicted octanol–water partition coefficient (Wildman–Crippen LogP) is 5.68. The van der Waals surface area contributed by atoms with E-state index in [1.165, 1.54) is 25.7 Å². The summed E-state index contributed by atoms with van der Waals surface area (Å²) in [4.78, 5) is 12.9. The van der Waals surface area contributed by atoms with Gasteiger partial charge >= 0.3 is 0 Å². The Morgan fingerprint density at radius 1 is 1.00 bits per heavy atom. The Bertz CT molecular complexity index is 865. The molecule has 2 spiro atoms. The van der Waals surface area contributed by atoms with Crippen molar-refractivity contribution in [2.45, 2.75) is 127 Å². The van der Waals surface area contributed by atoms with Crippen molar-refractivity contribution in [1.29, 1.82) is 0 Å². The highest BCUT2D eigenvalue weighted by Gasteiger charge is 2.82. The van der Waals surface area contributed by atoms with Gasteiger partial charge in [-0.25, -0.2) is 0 Å². The van der Waals surface area contributed by atoms with E-state index in [-0.39, 0.29) is 32.2 Å². The molecule has 194 valence electrons. The summed E-state index contributed by atoms with van der Waals surface area (Å²) in [6.07, 6.45) is 9.18. The second kappa shape index (κ2) is 7.66. The molecular formula is C29H47IO4. The molecule has 4 nitrogen and oxygen atoms in total. The summed E-state index contributed by atoms with van der Waals surface area (Å²) in [5.41, 5.74) is -0.316. The molecule has 0 aromatic heterocycles. The summed E-state index contributed by atoms with van der Waals surface area (Å²) in [7, 11) is 0. The van der Waals surface area contributed by atoms with E-state index in [2.05, 4.69) is 50.3 Å². The van der Waals surface area contributed by atoms with Crippen LogP contribution in [0.1, 0.15) is 106 Å². The number of hydrogen-bond acceptors (Lipinski definition) is 4. The minimum atomic E-state index is -1.09. The Labute approximate surface area is 220 Å². The van der Waals surface area contributed by atoms with E-state index >= 15 is 0 Å². The highest BCUT2D eigenvalue weighted by atomic mass is 127. The molecule has 5 fully saturated rings. The second-order valence-electron chi connectivity index (χ2n) is 14.7. The maximum atomic E-state index is 12.9. The van der Waals surface area contributed by atoms with Crippen LogP contribution in [0, 0.1) is 44.8 Å². The Morgan fingerprint density at radius 2 is 1.62 bits per heavy atom. The number of carbonyl (C=O) groups is 1. The van der Waals surface area contributed by atoms with Crippen molar-refractivity contribution in [2.75, 3.05) is 0 Å². The Hall–Kier alpha value is 0.280. The summed E-state index contributed by atoms with van der Waals surface area (Å²) >= 11 is 2.53. The van der Waals surface area contributed by atoms with Crippen LogP contribution >= 0.6 is 22.6 Å². The summed E-state index contributed by atoms with van der Waals surface area (Å²) in [5.74, 6) is 1.88. The van der Waals surface area contributed by atoms with Crippen LogP contribution in [0.2, 0.25) is 0 Å². The fourth-order valence-electron chi connectivity index (χ4n) is 10.8. The van der Waals surface area contributed by atoms with Gasteiger partial charge in [0, 0.05) is 21.7 Å². The van der Waals surface area contributed by atoms with Gasteiger partial charge in [-0.3, -0.25) is 4.79 Å². The largest absolute Gasteiger partial charge is 0.393 e. The van der Waals surface area contributed by atoms with E-state index in [1.54, 1.807) is 13.8 Å². The molecule has 5 heteroatoms. The van der Waals surface area contributed by atoms with Crippen molar-refractivity contribution in [1.82, 2.24) is 0 Å². The molecule has 0 heterocycles. The average molecular weight is 587 g/mol. The molecule has 0 aromatic carbocycles. The van der Waals surface area contributed by atoms with Gasteiger partial charge in [-0.05, 0) is 105 Å². The molecule has 0 aliphatic heterocycles. The van der Waals surface area contributed by atoms with Crippen molar-refractivity contribution in [3.05, 3.63) is 0 Å². The maximum Gasteiger partial charge on any atom is 0.138 e. The molecule has 5 aliphatic carbocycles. The molecule has 5 aliphatic rings. The predicted molar refractivity (Wildman–Crippen MR) is 143 cm³/mol. The van der Waals surface area contributed by atoms with E-state index in [0.29, 0.717) is 34.9 Å². The Morgan fingerprint density at radius 3 is 2.26 bits per heavy atom. The van der Waals surface area contributed by atoms with Crippen LogP contribution in [0.25, 0.3) is 0 Å². The third-order valence-electron chi connectivity index (χ3n) is 12.8. The first-order chi connectivity index (χ1) is 15.6. The number of aliphatic hydroxyl groups excluding tert-OH is 2. The number of alkyl halides is 1. The van der Waals surface area contributed by atoms with Crippen molar-refractivity contribution in [2.24, 2.45) is 44.8 Å². The monoisotopic (exact) mass is 586 g/mol. The van der Waals surface area contributed by atoms with Gasteiger partial charge in [0.2, 0.25) is 0 Å². The van der Waals surface area contributed by atoms with Crippen LogP contribution in [-0.2, 0) is 4.79 Å². The van der Waals surface area contributed by atoms with E-state index in [1.807, 2.05) is 0 Å². The van der Waals surface area contributed by atoms with E-state index < -0.39 is 11.7 Å². The van der Waals surface area contributed by atoms with Gasteiger partial charge in [0.25, 0.3) is 0 Å². The number of ketones is 1. The molecule has 5 saturated carbocycles. The zero-order valence-electron chi connectivity index (χ0n) is 22.2. The summed E-state index contributed by atoms with van der Waals surface area (Å²) in [5, 5.41) is 32.1. The van der Waals surface area contributed by atoms with Gasteiger partial charge in [0.15, 0.2) is 0 Å². The molecule has 5 rings (SSSR count). The normalized spacial score (nSPS) is 51.1. The lowest BCUT2D eigenvalue weighted by Crippen LogP contribution is -2.57. The molecule has 0 aromatic rings. The van der Waals surface area contributed by atoms with E-state index in [0.717, 1.165) is 32.1 Å². The summed E-state index contributed by atoms with van der Waals surface area (Å²) < 4.78 is 0.279. The fourth-order valence-corrected chi connectivity index (χ4v) is 12.4. The molecule has 6 unspecified atom stereocenters. The number of fused-ring (bicyclic) bond motifs is 2. The van der Waals surface area contributed by atoms with Crippen molar-refractivity contribution in [3.63, 3.8) is 0 Å². The van der Waals surface area contributed by atoms with Crippen molar-refractivity contribution < 1.29 is 20.1 Å². The highest BCUT2D eigenvalue weighted by Crippen LogP contribution is 2.88. The van der Waals surface area contributed by atoms with Crippen molar-refractivity contribution in [3.8, 4) is 0 Å². The minimum Gasteiger partial charge on any atom is -0.393 e. The van der Waals surface area contributed by atoms with Crippen LogP contribution in [0.15, 0.2) is 0 Å². The van der Waals surface area contributed by atoms with Gasteiger partial charge in [-0.2, -0.15) is 0 Å². The lowest BCUT2D eigenvalue weighted by molar-refractivity contribution is -0.155. The zero-order chi connectivity index (χ0) is 25.1. The van der Waals surface area contributed by atoms with Gasteiger partial charge in [-0.15, -0.1) is 0 Å². The average Bonchev–Trinajstić information content (AvgIpc) is 3.34. The lowest BCUT2D eigenvalue weighted by atomic mass is 9.42. The SMILES string of the molecule is CC(C)(O)C(O)CC[C@@H](I)C1C(O)C[C@@]2(C)C3CCC4C(C)(C)C(=O)CC[C@@]45C[C@@]35CCC12C. The van der Waals surface area contributed by atoms with Gasteiger partial charge in [0.1, 0.15) is 5.78 Å². The van der Waals surface area contributed by atoms with Crippen LogP contribution in [0.5, 0.6) is 0 Å². The first kappa shape index (κ1) is 25.9. The van der Waals surface area contributed by atoms with Gasteiger partial charge in [0.05, 0.1) is 17.8 Å². The van der Waals surface area contributed by atoms with Crippen LogP contribution < -0.4 is 0 Å². The summed E-state index contributed by atoms with van der Waals surface area (Å²) in [6, 6.07) is 0. The Balaban J connectivity index is 1.41. The number of aliphatic hydroxyl groups is 3.